The van der Waals surface area contributed by atoms with Crippen LogP contribution in [0, 0.1) is 17.1 Å². The first-order valence-electron chi connectivity index (χ1n) is 7.79. The van der Waals surface area contributed by atoms with Gasteiger partial charge in [0.05, 0.1) is 33.7 Å². The van der Waals surface area contributed by atoms with E-state index in [1.165, 1.54) is 12.1 Å². The van der Waals surface area contributed by atoms with Crippen LogP contribution in [0.15, 0.2) is 42.7 Å². The smallest absolute Gasteiger partial charge is 0.216 e. The molecule has 1 saturated carbocycles. The van der Waals surface area contributed by atoms with Crippen molar-refractivity contribution < 1.29 is 4.39 Å². The lowest BCUT2D eigenvalue weighted by Crippen LogP contribution is -2.04. The number of hydrogen-bond donors (Lipinski definition) is 0. The molecule has 0 bridgehead atoms. The van der Waals surface area contributed by atoms with Gasteiger partial charge in [-0.05, 0) is 49.2 Å². The average molecular weight is 317 g/mol. The van der Waals surface area contributed by atoms with Crippen LogP contribution in [-0.4, -0.2) is 19.1 Å². The van der Waals surface area contributed by atoms with Crippen molar-refractivity contribution in [3.05, 3.63) is 54.1 Å². The molecule has 5 nitrogen and oxygen atoms in total. The van der Waals surface area contributed by atoms with Crippen molar-refractivity contribution in [2.75, 3.05) is 0 Å². The van der Waals surface area contributed by atoms with Gasteiger partial charge in [-0.3, -0.25) is 4.57 Å². The number of halogens is 1. The Morgan fingerprint density at radius 1 is 1.08 bits per heavy atom. The minimum Gasteiger partial charge on any atom is -0.306 e. The third-order valence-electron chi connectivity index (χ3n) is 4.44. The lowest BCUT2D eigenvalue weighted by molar-refractivity contribution is 0.627. The van der Waals surface area contributed by atoms with Crippen LogP contribution in [0.4, 0.5) is 4.39 Å². The molecule has 2 aromatic heterocycles. The maximum atomic E-state index is 13.7. The lowest BCUT2D eigenvalue weighted by Gasteiger charge is -2.09. The molecule has 0 amide bonds. The fourth-order valence-electron chi connectivity index (χ4n) is 3.15. The maximum absolute atomic E-state index is 13.7. The number of rotatable bonds is 2. The van der Waals surface area contributed by atoms with Gasteiger partial charge in [0.15, 0.2) is 0 Å². The van der Waals surface area contributed by atoms with E-state index in [4.69, 9.17) is 10.2 Å². The monoisotopic (exact) mass is 317 g/mol. The van der Waals surface area contributed by atoms with Gasteiger partial charge in [0.2, 0.25) is 5.95 Å². The summed E-state index contributed by atoms with van der Waals surface area (Å²) >= 11 is 0. The summed E-state index contributed by atoms with van der Waals surface area (Å²) in [7, 11) is 0. The second kappa shape index (κ2) is 4.65. The van der Waals surface area contributed by atoms with Gasteiger partial charge in [-0.15, -0.1) is 0 Å². The van der Waals surface area contributed by atoms with Crippen LogP contribution in [0.5, 0.6) is 0 Å². The Morgan fingerprint density at radius 2 is 1.92 bits per heavy atom. The molecular formula is C18H12FN5. The van der Waals surface area contributed by atoms with Gasteiger partial charge in [-0.2, -0.15) is 5.26 Å². The maximum Gasteiger partial charge on any atom is 0.216 e. The van der Waals surface area contributed by atoms with Gasteiger partial charge in [0.1, 0.15) is 12.1 Å². The summed E-state index contributed by atoms with van der Waals surface area (Å²) in [5, 5.41) is 9.15. The minimum absolute atomic E-state index is 0.266. The minimum atomic E-state index is -0.266. The number of fused-ring (bicyclic) bond motifs is 2. The Labute approximate surface area is 136 Å². The second-order valence-electron chi connectivity index (χ2n) is 6.08. The standard InChI is InChI=1S/C18H12FN5/c19-12-2-6-15-17(8-12)24(13-3-4-13)18(22-15)23-10-21-14-5-1-11(9-20)7-16(14)23/h1-2,5-8,10,13H,3-4H2. The zero-order chi connectivity index (χ0) is 16.3. The van der Waals surface area contributed by atoms with Gasteiger partial charge in [-0.25, -0.2) is 14.4 Å². The molecule has 0 atom stereocenters. The quantitative estimate of drug-likeness (QED) is 0.566. The fourth-order valence-corrected chi connectivity index (χ4v) is 3.15. The number of nitrogens with zero attached hydrogens (tertiary/aromatic N) is 5. The summed E-state index contributed by atoms with van der Waals surface area (Å²) in [6.07, 6.45) is 3.83. The topological polar surface area (TPSA) is 59.4 Å². The predicted molar refractivity (Wildman–Crippen MR) is 87.3 cm³/mol. The molecule has 0 aliphatic heterocycles. The Morgan fingerprint density at radius 3 is 2.71 bits per heavy atom. The molecule has 1 aliphatic rings. The van der Waals surface area contributed by atoms with Crippen molar-refractivity contribution in [1.82, 2.24) is 19.1 Å². The fraction of sp³-hybridized carbons (Fsp3) is 0.167. The van der Waals surface area contributed by atoms with Crippen molar-refractivity contribution in [3.63, 3.8) is 0 Å². The molecule has 5 rings (SSSR count). The lowest BCUT2D eigenvalue weighted by atomic mass is 10.2. The third-order valence-corrected chi connectivity index (χ3v) is 4.44. The average Bonchev–Trinajstić information content (AvgIpc) is 3.24. The third kappa shape index (κ3) is 1.85. The molecule has 2 heterocycles. The van der Waals surface area contributed by atoms with E-state index in [0.29, 0.717) is 11.6 Å². The molecule has 2 aromatic carbocycles. The summed E-state index contributed by atoms with van der Waals surface area (Å²) in [5.74, 6) is 0.453. The van der Waals surface area contributed by atoms with Gasteiger partial charge < -0.3 is 4.57 Å². The SMILES string of the molecule is N#Cc1ccc2ncn(-c3nc4ccc(F)cc4n3C3CC3)c2c1. The predicted octanol–water partition coefficient (Wildman–Crippen LogP) is 3.72. The van der Waals surface area contributed by atoms with Crippen LogP contribution >= 0.6 is 0 Å². The zero-order valence-corrected chi connectivity index (χ0v) is 12.6. The summed E-state index contributed by atoms with van der Waals surface area (Å²) in [6, 6.07) is 12.5. The zero-order valence-electron chi connectivity index (χ0n) is 12.6. The van der Waals surface area contributed by atoms with Crippen molar-refractivity contribution in [1.29, 1.82) is 5.26 Å². The van der Waals surface area contributed by atoms with E-state index in [1.807, 2.05) is 10.6 Å². The van der Waals surface area contributed by atoms with Crippen LogP contribution < -0.4 is 0 Å². The van der Waals surface area contributed by atoms with E-state index < -0.39 is 0 Å². The van der Waals surface area contributed by atoms with Crippen LogP contribution in [0.25, 0.3) is 28.0 Å². The number of nitriles is 1. The highest BCUT2D eigenvalue weighted by Gasteiger charge is 2.29. The van der Waals surface area contributed by atoms with Crippen LogP contribution in [-0.2, 0) is 0 Å². The molecule has 0 spiro atoms. The van der Waals surface area contributed by atoms with Crippen molar-refractivity contribution in [3.8, 4) is 12.0 Å². The summed E-state index contributed by atoms with van der Waals surface area (Å²) in [4.78, 5) is 9.10. The molecule has 116 valence electrons. The molecule has 0 unspecified atom stereocenters. The summed E-state index contributed by atoms with van der Waals surface area (Å²) < 4.78 is 17.7. The first-order chi connectivity index (χ1) is 11.7. The first kappa shape index (κ1) is 13.3. The highest BCUT2D eigenvalue weighted by molar-refractivity contribution is 5.81. The van der Waals surface area contributed by atoms with Crippen LogP contribution in [0.1, 0.15) is 24.4 Å². The van der Waals surface area contributed by atoms with E-state index >= 15 is 0 Å². The Kier molecular flexibility index (Phi) is 2.57. The van der Waals surface area contributed by atoms with E-state index in [2.05, 4.69) is 15.6 Å². The molecule has 4 aromatic rings. The molecule has 1 aliphatic carbocycles. The van der Waals surface area contributed by atoms with E-state index in [-0.39, 0.29) is 5.82 Å². The highest BCUT2D eigenvalue weighted by atomic mass is 19.1. The van der Waals surface area contributed by atoms with E-state index in [1.54, 1.807) is 24.5 Å². The molecule has 0 radical (unpaired) electrons. The number of aromatic nitrogens is 4. The number of benzene rings is 2. The van der Waals surface area contributed by atoms with Gasteiger partial charge in [0, 0.05) is 6.04 Å². The first-order valence-corrected chi connectivity index (χ1v) is 7.79. The largest absolute Gasteiger partial charge is 0.306 e. The van der Waals surface area contributed by atoms with Crippen molar-refractivity contribution in [2.24, 2.45) is 0 Å². The van der Waals surface area contributed by atoms with Crippen molar-refractivity contribution >= 4 is 22.1 Å². The Hall–Kier alpha value is -3.20. The van der Waals surface area contributed by atoms with Gasteiger partial charge in [0.25, 0.3) is 0 Å². The van der Waals surface area contributed by atoms with Crippen LogP contribution in [0.3, 0.4) is 0 Å². The molecule has 6 heteroatoms. The summed E-state index contributed by atoms with van der Waals surface area (Å²) in [5.41, 5.74) is 3.76. The normalized spacial score (nSPS) is 14.3. The van der Waals surface area contributed by atoms with Crippen LogP contribution in [0.2, 0.25) is 0 Å². The van der Waals surface area contributed by atoms with E-state index in [0.717, 1.165) is 40.9 Å². The number of imidazole rings is 2. The molecule has 0 N–H and O–H groups in total. The van der Waals surface area contributed by atoms with Gasteiger partial charge >= 0.3 is 0 Å². The molecule has 0 saturated heterocycles. The molecular weight excluding hydrogens is 305 g/mol. The molecule has 24 heavy (non-hydrogen) atoms. The van der Waals surface area contributed by atoms with E-state index in [9.17, 15) is 4.39 Å². The Bertz CT molecular complexity index is 1140. The summed E-state index contributed by atoms with van der Waals surface area (Å²) in [6.45, 7) is 0. The van der Waals surface area contributed by atoms with Crippen molar-refractivity contribution in [2.45, 2.75) is 18.9 Å². The number of hydrogen-bond acceptors (Lipinski definition) is 3. The van der Waals surface area contributed by atoms with Gasteiger partial charge in [-0.1, -0.05) is 0 Å². The molecule has 1 fully saturated rings. The Balaban J connectivity index is 1.83. The second-order valence-corrected chi connectivity index (χ2v) is 6.08. The highest BCUT2D eigenvalue weighted by Crippen LogP contribution is 2.40.